The van der Waals surface area contributed by atoms with Gasteiger partial charge in [0.2, 0.25) is 0 Å². The molecule has 0 atom stereocenters. The summed E-state index contributed by atoms with van der Waals surface area (Å²) in [6.45, 7) is 0.0865. The maximum absolute atomic E-state index is 6.55. The number of anilines is 3. The molecule has 0 bridgehead atoms. The van der Waals surface area contributed by atoms with Gasteiger partial charge in [-0.2, -0.15) is 0 Å². The van der Waals surface area contributed by atoms with Gasteiger partial charge in [0.25, 0.3) is 6.71 Å². The van der Waals surface area contributed by atoms with Crippen molar-refractivity contribution in [3.05, 3.63) is 145 Å². The fourth-order valence-electron chi connectivity index (χ4n) is 6.75. The second-order valence-electron chi connectivity index (χ2n) is 10.9. The van der Waals surface area contributed by atoms with Gasteiger partial charge in [0.05, 0.1) is 0 Å². The minimum absolute atomic E-state index is 0.0865. The van der Waals surface area contributed by atoms with Crippen molar-refractivity contribution in [2.45, 2.75) is 6.42 Å². The topological polar surface area (TPSA) is 21.7 Å². The third-order valence-electron chi connectivity index (χ3n) is 8.57. The normalized spacial score (nSPS) is 13.6. The summed E-state index contributed by atoms with van der Waals surface area (Å²) in [5, 5.41) is 0. The van der Waals surface area contributed by atoms with E-state index in [0.29, 0.717) is 0 Å². The monoisotopic (exact) mass is 525 g/mol. The van der Waals surface area contributed by atoms with Crippen molar-refractivity contribution in [2.24, 2.45) is 0 Å². The number of nitrogens with zero attached hydrogens (tertiary/aromatic N) is 1. The standard InChI is InChI=1S/C37H24BNO2/c1-2-11-28(12-3-1)39-31-15-7-4-10-25(31)21-27-20-24(18-19-32(27)39)26-22-35-37-36(23-26)41-34-17-9-6-14-30(34)38(37)29-13-5-8-16-33(29)40-35/h1-20,22-23H,21H2. The van der Waals surface area contributed by atoms with E-state index in [1.807, 2.05) is 12.1 Å². The Morgan fingerprint density at radius 3 is 1.83 bits per heavy atom. The van der Waals surface area contributed by atoms with Crippen molar-refractivity contribution in [1.29, 1.82) is 0 Å². The smallest absolute Gasteiger partial charge is 0.260 e. The number of fused-ring (bicyclic) bond motifs is 6. The predicted molar refractivity (Wildman–Crippen MR) is 167 cm³/mol. The molecule has 0 amide bonds. The molecule has 6 aromatic carbocycles. The molecule has 3 aliphatic rings. The summed E-state index contributed by atoms with van der Waals surface area (Å²) in [5.41, 5.74) is 11.9. The van der Waals surface area contributed by atoms with E-state index in [2.05, 4.69) is 126 Å². The van der Waals surface area contributed by atoms with E-state index in [0.717, 1.165) is 51.7 Å². The lowest BCUT2D eigenvalue weighted by Crippen LogP contribution is -2.57. The lowest BCUT2D eigenvalue weighted by molar-refractivity contribution is 0.465. The van der Waals surface area contributed by atoms with Gasteiger partial charge in [0.15, 0.2) is 0 Å². The van der Waals surface area contributed by atoms with E-state index in [1.165, 1.54) is 33.4 Å². The van der Waals surface area contributed by atoms with Gasteiger partial charge in [-0.25, -0.2) is 0 Å². The van der Waals surface area contributed by atoms with Crippen molar-refractivity contribution in [2.75, 3.05) is 4.90 Å². The molecule has 0 saturated heterocycles. The Kier molecular flexibility index (Phi) is 4.76. The molecule has 0 aliphatic carbocycles. The molecule has 3 nitrogen and oxygen atoms in total. The van der Waals surface area contributed by atoms with E-state index in [9.17, 15) is 0 Å². The zero-order chi connectivity index (χ0) is 26.9. The van der Waals surface area contributed by atoms with Crippen molar-refractivity contribution in [3.8, 4) is 34.1 Å². The predicted octanol–water partition coefficient (Wildman–Crippen LogP) is 7.46. The van der Waals surface area contributed by atoms with Crippen LogP contribution in [0, 0.1) is 0 Å². The van der Waals surface area contributed by atoms with Crippen LogP contribution in [0.5, 0.6) is 23.0 Å². The Morgan fingerprint density at radius 2 is 1.10 bits per heavy atom. The molecule has 0 N–H and O–H groups in total. The van der Waals surface area contributed by atoms with Crippen LogP contribution in [0.3, 0.4) is 0 Å². The van der Waals surface area contributed by atoms with Crippen LogP contribution in [-0.2, 0) is 6.42 Å². The number of para-hydroxylation sites is 4. The Labute approximate surface area is 239 Å². The highest BCUT2D eigenvalue weighted by molar-refractivity contribution is 6.98. The number of rotatable bonds is 2. The van der Waals surface area contributed by atoms with Gasteiger partial charge >= 0.3 is 0 Å². The summed E-state index contributed by atoms with van der Waals surface area (Å²) >= 11 is 0. The summed E-state index contributed by atoms with van der Waals surface area (Å²) in [6.07, 6.45) is 0.885. The van der Waals surface area contributed by atoms with Gasteiger partial charge in [-0.1, -0.05) is 78.9 Å². The summed E-state index contributed by atoms with van der Waals surface area (Å²) in [5.74, 6) is 3.55. The fraction of sp³-hybridized carbons (Fsp3) is 0.0270. The number of benzene rings is 6. The van der Waals surface area contributed by atoms with Gasteiger partial charge in [0.1, 0.15) is 23.0 Å². The molecule has 3 heterocycles. The minimum atomic E-state index is 0.0865. The number of hydrogen-bond donors (Lipinski definition) is 0. The Morgan fingerprint density at radius 1 is 0.488 bits per heavy atom. The van der Waals surface area contributed by atoms with Crippen LogP contribution < -0.4 is 30.8 Å². The molecule has 192 valence electrons. The molecule has 0 radical (unpaired) electrons. The SMILES string of the molecule is c1ccc(N2c3ccccc3Cc3cc(-c4cc5c6c(c4)Oc4ccccc4B6c4ccccc4O5)ccc32)cc1. The van der Waals surface area contributed by atoms with Crippen molar-refractivity contribution in [3.63, 3.8) is 0 Å². The third kappa shape index (κ3) is 3.41. The first-order chi connectivity index (χ1) is 20.3. The maximum Gasteiger partial charge on any atom is 0.260 e. The summed E-state index contributed by atoms with van der Waals surface area (Å²) < 4.78 is 13.1. The van der Waals surface area contributed by atoms with Gasteiger partial charge in [-0.15, -0.1) is 0 Å². The lowest BCUT2D eigenvalue weighted by atomic mass is 9.35. The van der Waals surface area contributed by atoms with Gasteiger partial charge in [-0.3, -0.25) is 0 Å². The lowest BCUT2D eigenvalue weighted by Gasteiger charge is -2.34. The van der Waals surface area contributed by atoms with Crippen LogP contribution in [-0.4, -0.2) is 6.71 Å². The zero-order valence-electron chi connectivity index (χ0n) is 22.2. The maximum atomic E-state index is 6.55. The molecule has 0 fully saturated rings. The molecule has 0 spiro atoms. The van der Waals surface area contributed by atoms with Crippen LogP contribution in [0.1, 0.15) is 11.1 Å². The molecular formula is C37H24BNO2. The molecule has 41 heavy (non-hydrogen) atoms. The number of ether oxygens (including phenoxy) is 2. The first-order valence-corrected chi connectivity index (χ1v) is 14.1. The highest BCUT2D eigenvalue weighted by atomic mass is 16.5. The largest absolute Gasteiger partial charge is 0.458 e. The minimum Gasteiger partial charge on any atom is -0.458 e. The first kappa shape index (κ1) is 22.6. The molecule has 4 heteroatoms. The third-order valence-corrected chi connectivity index (χ3v) is 8.57. The van der Waals surface area contributed by atoms with Crippen LogP contribution in [0.2, 0.25) is 0 Å². The van der Waals surface area contributed by atoms with E-state index in [1.54, 1.807) is 0 Å². The van der Waals surface area contributed by atoms with Crippen molar-refractivity contribution in [1.82, 2.24) is 0 Å². The van der Waals surface area contributed by atoms with Gasteiger partial charge in [-0.05, 0) is 87.8 Å². The highest BCUT2D eigenvalue weighted by Crippen LogP contribution is 2.45. The first-order valence-electron chi connectivity index (χ1n) is 14.1. The van der Waals surface area contributed by atoms with Gasteiger partial charge < -0.3 is 14.4 Å². The molecule has 0 aromatic heterocycles. The second kappa shape index (κ2) is 8.64. The van der Waals surface area contributed by atoms with Crippen molar-refractivity contribution < 1.29 is 9.47 Å². The Balaban J connectivity index is 1.20. The van der Waals surface area contributed by atoms with Crippen LogP contribution in [0.25, 0.3) is 11.1 Å². The van der Waals surface area contributed by atoms with Crippen LogP contribution in [0.4, 0.5) is 17.1 Å². The second-order valence-corrected chi connectivity index (χ2v) is 10.9. The van der Waals surface area contributed by atoms with Crippen molar-refractivity contribution >= 4 is 40.2 Å². The Bertz CT molecular complexity index is 1930. The molecule has 0 saturated carbocycles. The Hall–Kier alpha value is -5.22. The van der Waals surface area contributed by atoms with Gasteiger partial charge in [0, 0.05) is 28.9 Å². The van der Waals surface area contributed by atoms with E-state index in [4.69, 9.17) is 9.47 Å². The molecule has 6 aromatic rings. The summed E-state index contributed by atoms with van der Waals surface area (Å²) in [7, 11) is 0. The quantitative estimate of drug-likeness (QED) is 0.219. The van der Waals surface area contributed by atoms with E-state index >= 15 is 0 Å². The zero-order valence-corrected chi connectivity index (χ0v) is 22.2. The fourth-order valence-corrected chi connectivity index (χ4v) is 6.75. The molecule has 9 rings (SSSR count). The number of hydrogen-bond acceptors (Lipinski definition) is 3. The molecule has 0 unspecified atom stereocenters. The summed E-state index contributed by atoms with van der Waals surface area (Å²) in [4.78, 5) is 2.37. The molecule has 3 aliphatic heterocycles. The van der Waals surface area contributed by atoms with E-state index in [-0.39, 0.29) is 6.71 Å². The molecular weight excluding hydrogens is 501 g/mol. The summed E-state index contributed by atoms with van der Waals surface area (Å²) in [6, 6.07) is 47.2. The average Bonchev–Trinajstić information content (AvgIpc) is 3.03. The van der Waals surface area contributed by atoms with E-state index < -0.39 is 0 Å². The van der Waals surface area contributed by atoms with Crippen LogP contribution >= 0.6 is 0 Å². The highest BCUT2D eigenvalue weighted by Gasteiger charge is 2.40. The van der Waals surface area contributed by atoms with Crippen LogP contribution in [0.15, 0.2) is 133 Å². The average molecular weight is 525 g/mol.